The Balaban J connectivity index is 3.14. The Morgan fingerprint density at radius 3 is 2.41 bits per heavy atom. The molecule has 0 amide bonds. The van der Waals surface area contributed by atoms with E-state index in [0.717, 1.165) is 6.08 Å². The summed E-state index contributed by atoms with van der Waals surface area (Å²) >= 11 is 0. The maximum atomic E-state index is 11.8. The molecule has 0 fully saturated rings. The first-order valence-corrected chi connectivity index (χ1v) is 5.39. The van der Waals surface area contributed by atoms with Gasteiger partial charge in [-0.25, -0.2) is 4.79 Å². The molecule has 0 N–H and O–H groups in total. The number of unbranched alkanes of at least 4 members (excludes halogenated alkanes) is 3. The molecule has 0 aromatic carbocycles. The van der Waals surface area contributed by atoms with Gasteiger partial charge in [0, 0.05) is 12.5 Å². The summed E-state index contributed by atoms with van der Waals surface area (Å²) in [6.45, 7) is 3.43. The monoisotopic (exact) mass is 254 g/mol. The van der Waals surface area contributed by atoms with Crippen LogP contribution in [-0.2, 0) is 14.3 Å². The molecule has 0 unspecified atom stereocenters. The van der Waals surface area contributed by atoms with Crippen LogP contribution in [0.4, 0.5) is 13.2 Å². The Labute approximate surface area is 98.6 Å². The van der Waals surface area contributed by atoms with E-state index in [-0.39, 0.29) is 13.2 Å². The number of carbonyl (C=O) groups is 1. The Morgan fingerprint density at radius 1 is 1.18 bits per heavy atom. The molecule has 0 radical (unpaired) electrons. The molecule has 0 saturated carbocycles. The molecule has 0 aliphatic heterocycles. The fourth-order valence-electron chi connectivity index (χ4n) is 1.10. The quantitative estimate of drug-likeness (QED) is 0.274. The maximum Gasteiger partial charge on any atom is 0.389 e. The van der Waals surface area contributed by atoms with E-state index < -0.39 is 18.6 Å². The molecule has 100 valence electrons. The van der Waals surface area contributed by atoms with Crippen molar-refractivity contribution < 1.29 is 27.4 Å². The molecular weight excluding hydrogens is 237 g/mol. The number of rotatable bonds is 9. The predicted molar refractivity (Wildman–Crippen MR) is 56.2 cm³/mol. The zero-order valence-electron chi connectivity index (χ0n) is 9.59. The summed E-state index contributed by atoms with van der Waals surface area (Å²) < 4.78 is 44.8. The lowest BCUT2D eigenvalue weighted by Gasteiger charge is -2.06. The number of ether oxygens (including phenoxy) is 2. The van der Waals surface area contributed by atoms with E-state index >= 15 is 0 Å². The molecule has 0 spiro atoms. The van der Waals surface area contributed by atoms with Crippen LogP contribution in [0.2, 0.25) is 0 Å². The fraction of sp³-hybridized carbons (Fsp3) is 0.727. The first-order valence-electron chi connectivity index (χ1n) is 5.39. The minimum Gasteiger partial charge on any atom is -0.435 e. The highest BCUT2D eigenvalue weighted by atomic mass is 19.4. The Bertz CT molecular complexity index is 226. The first-order chi connectivity index (χ1) is 7.95. The number of halogens is 3. The third-order valence-electron chi connectivity index (χ3n) is 1.95. The number of esters is 1. The highest BCUT2D eigenvalue weighted by Gasteiger charge is 2.25. The van der Waals surface area contributed by atoms with Crippen molar-refractivity contribution in [2.24, 2.45) is 0 Å². The molecule has 3 nitrogen and oxygen atoms in total. The van der Waals surface area contributed by atoms with Crippen molar-refractivity contribution in [1.82, 2.24) is 0 Å². The molecule has 0 aliphatic carbocycles. The van der Waals surface area contributed by atoms with Gasteiger partial charge in [0.2, 0.25) is 0 Å². The summed E-state index contributed by atoms with van der Waals surface area (Å²) in [6.07, 6.45) is -1.76. The summed E-state index contributed by atoms with van der Waals surface area (Å²) in [6, 6.07) is 0. The van der Waals surface area contributed by atoms with Gasteiger partial charge in [0.05, 0.1) is 6.61 Å². The van der Waals surface area contributed by atoms with Crippen molar-refractivity contribution in [1.29, 1.82) is 0 Å². The van der Waals surface area contributed by atoms with Gasteiger partial charge >= 0.3 is 12.1 Å². The number of carbonyl (C=O) groups excluding carboxylic acids is 1. The molecular formula is C11H17F3O3. The van der Waals surface area contributed by atoms with Crippen LogP contribution in [0.15, 0.2) is 12.7 Å². The second kappa shape index (κ2) is 9.04. The Morgan fingerprint density at radius 2 is 1.82 bits per heavy atom. The SMILES string of the molecule is C=CC(=O)OCOCCCCCCC(F)(F)F. The topological polar surface area (TPSA) is 35.5 Å². The van der Waals surface area contributed by atoms with Gasteiger partial charge in [-0.05, 0) is 12.8 Å². The van der Waals surface area contributed by atoms with E-state index in [1.807, 2.05) is 0 Å². The summed E-state index contributed by atoms with van der Waals surface area (Å²) in [5.41, 5.74) is 0. The standard InChI is InChI=1S/C11H17F3O3/c1-2-10(15)17-9-16-8-6-4-3-5-7-11(12,13)14/h2H,1,3-9H2. The lowest BCUT2D eigenvalue weighted by molar-refractivity contribution is -0.150. The van der Waals surface area contributed by atoms with Gasteiger partial charge in [-0.15, -0.1) is 0 Å². The summed E-state index contributed by atoms with van der Waals surface area (Å²) in [5.74, 6) is -0.560. The average Bonchev–Trinajstić information content (AvgIpc) is 2.25. The number of hydrogen-bond acceptors (Lipinski definition) is 3. The third kappa shape index (κ3) is 12.9. The van der Waals surface area contributed by atoms with Crippen LogP contribution in [0.3, 0.4) is 0 Å². The van der Waals surface area contributed by atoms with Gasteiger partial charge in [-0.2, -0.15) is 13.2 Å². The molecule has 0 aliphatic rings. The summed E-state index contributed by atoms with van der Waals surface area (Å²) in [7, 11) is 0. The van der Waals surface area contributed by atoms with Crippen molar-refractivity contribution in [3.05, 3.63) is 12.7 Å². The molecule has 0 rings (SSSR count). The minimum atomic E-state index is -4.06. The summed E-state index contributed by atoms with van der Waals surface area (Å²) in [4.78, 5) is 10.6. The lowest BCUT2D eigenvalue weighted by Crippen LogP contribution is -2.07. The molecule has 0 aromatic rings. The largest absolute Gasteiger partial charge is 0.435 e. The van der Waals surface area contributed by atoms with Crippen LogP contribution in [0.1, 0.15) is 32.1 Å². The van der Waals surface area contributed by atoms with E-state index in [1.165, 1.54) is 0 Å². The van der Waals surface area contributed by atoms with Crippen molar-refractivity contribution in [3.63, 3.8) is 0 Å². The van der Waals surface area contributed by atoms with Gasteiger partial charge < -0.3 is 9.47 Å². The van der Waals surface area contributed by atoms with Crippen molar-refractivity contribution in [2.75, 3.05) is 13.4 Å². The highest BCUT2D eigenvalue weighted by molar-refractivity contribution is 5.81. The van der Waals surface area contributed by atoms with Gasteiger partial charge in [0.25, 0.3) is 0 Å². The Kier molecular flexibility index (Phi) is 8.49. The molecule has 0 aromatic heterocycles. The van der Waals surface area contributed by atoms with E-state index in [0.29, 0.717) is 25.9 Å². The second-order valence-corrected chi connectivity index (χ2v) is 3.47. The van der Waals surface area contributed by atoms with Crippen molar-refractivity contribution in [3.8, 4) is 0 Å². The maximum absolute atomic E-state index is 11.8. The number of hydrogen-bond donors (Lipinski definition) is 0. The normalized spacial score (nSPS) is 11.2. The van der Waals surface area contributed by atoms with Crippen LogP contribution in [0.25, 0.3) is 0 Å². The molecule has 0 saturated heterocycles. The Hall–Kier alpha value is -1.04. The van der Waals surface area contributed by atoms with E-state index in [1.54, 1.807) is 0 Å². The van der Waals surface area contributed by atoms with Crippen LogP contribution in [0, 0.1) is 0 Å². The van der Waals surface area contributed by atoms with Crippen molar-refractivity contribution >= 4 is 5.97 Å². The first kappa shape index (κ1) is 16.0. The highest BCUT2D eigenvalue weighted by Crippen LogP contribution is 2.22. The second-order valence-electron chi connectivity index (χ2n) is 3.47. The van der Waals surface area contributed by atoms with Crippen LogP contribution < -0.4 is 0 Å². The van der Waals surface area contributed by atoms with Crippen LogP contribution >= 0.6 is 0 Å². The van der Waals surface area contributed by atoms with Crippen molar-refractivity contribution in [2.45, 2.75) is 38.3 Å². The average molecular weight is 254 g/mol. The lowest BCUT2D eigenvalue weighted by atomic mass is 10.1. The smallest absolute Gasteiger partial charge is 0.389 e. The zero-order chi connectivity index (χ0) is 13.1. The fourth-order valence-corrected chi connectivity index (χ4v) is 1.10. The predicted octanol–water partition coefficient (Wildman–Crippen LogP) is 3.20. The van der Waals surface area contributed by atoms with Gasteiger partial charge in [0.15, 0.2) is 6.79 Å². The molecule has 0 bridgehead atoms. The molecule has 6 heteroatoms. The molecule has 0 heterocycles. The zero-order valence-corrected chi connectivity index (χ0v) is 9.59. The third-order valence-corrected chi connectivity index (χ3v) is 1.95. The van der Waals surface area contributed by atoms with Gasteiger partial charge in [-0.1, -0.05) is 19.4 Å². The summed E-state index contributed by atoms with van der Waals surface area (Å²) in [5, 5.41) is 0. The molecule has 17 heavy (non-hydrogen) atoms. The van der Waals surface area contributed by atoms with E-state index in [2.05, 4.69) is 11.3 Å². The minimum absolute atomic E-state index is 0.145. The van der Waals surface area contributed by atoms with E-state index in [9.17, 15) is 18.0 Å². The van der Waals surface area contributed by atoms with Gasteiger partial charge in [0.1, 0.15) is 0 Å². The molecule has 0 atom stereocenters. The van der Waals surface area contributed by atoms with E-state index in [4.69, 9.17) is 4.74 Å². The van der Waals surface area contributed by atoms with Crippen LogP contribution in [0.5, 0.6) is 0 Å². The van der Waals surface area contributed by atoms with Crippen LogP contribution in [-0.4, -0.2) is 25.5 Å². The van der Waals surface area contributed by atoms with Gasteiger partial charge in [-0.3, -0.25) is 0 Å². The number of alkyl halides is 3.